The van der Waals surface area contributed by atoms with Gasteiger partial charge in [-0.05, 0) is 24.6 Å². The number of halogens is 1. The topological polar surface area (TPSA) is 85.3 Å². The number of nitrogens with one attached hydrogen (secondary N) is 1. The van der Waals surface area contributed by atoms with Gasteiger partial charge in [0.05, 0.1) is 25.4 Å². The molecule has 0 bridgehead atoms. The number of hydrogen-bond donors (Lipinski definition) is 2. The Hall–Kier alpha value is -2.81. The first-order chi connectivity index (χ1) is 15.4. The molecule has 2 aromatic carbocycles. The minimum Gasteiger partial charge on any atom is -0.495 e. The van der Waals surface area contributed by atoms with E-state index in [1.165, 1.54) is 0 Å². The normalized spacial score (nSPS) is 22.0. The maximum atomic E-state index is 13.0. The van der Waals surface area contributed by atoms with Crippen LogP contribution in [0.15, 0.2) is 54.6 Å². The van der Waals surface area contributed by atoms with Crippen molar-refractivity contribution in [2.75, 3.05) is 51.3 Å². The number of benzene rings is 2. The number of piperazine rings is 1. The quantitative estimate of drug-likeness (QED) is 0.597. The molecule has 0 aromatic heterocycles. The first-order valence-electron chi connectivity index (χ1n) is 10.9. The molecule has 2 unspecified atom stereocenters. The number of aliphatic hydroxyl groups excluding tert-OH is 1. The lowest BCUT2D eigenvalue weighted by Gasteiger charge is -2.37. The van der Waals surface area contributed by atoms with Crippen LogP contribution < -0.4 is 15.0 Å². The van der Waals surface area contributed by atoms with Crippen LogP contribution in [0.2, 0.25) is 0 Å². The van der Waals surface area contributed by atoms with Crippen molar-refractivity contribution in [1.82, 2.24) is 15.1 Å². The SMILES string of the molecule is COc1ccccc1N1CCN(CC(O)CN2C(=O)NC(C)(c3ccccc3)C2=O)CC1.Cl. The van der Waals surface area contributed by atoms with Gasteiger partial charge >= 0.3 is 6.03 Å². The molecular formula is C24H31ClN4O4. The third kappa shape index (κ3) is 5.08. The highest BCUT2D eigenvalue weighted by Gasteiger charge is 2.49. The molecule has 2 aliphatic rings. The van der Waals surface area contributed by atoms with Crippen LogP contribution in [0.4, 0.5) is 10.5 Å². The van der Waals surface area contributed by atoms with E-state index in [1.54, 1.807) is 14.0 Å². The molecule has 2 heterocycles. The highest BCUT2D eigenvalue weighted by molar-refractivity contribution is 6.07. The molecule has 2 fully saturated rings. The Morgan fingerprint density at radius 2 is 1.64 bits per heavy atom. The Morgan fingerprint density at radius 3 is 2.30 bits per heavy atom. The van der Waals surface area contributed by atoms with Crippen molar-refractivity contribution in [3.05, 3.63) is 60.2 Å². The number of hydrogen-bond acceptors (Lipinski definition) is 6. The lowest BCUT2D eigenvalue weighted by Crippen LogP contribution is -2.50. The lowest BCUT2D eigenvalue weighted by molar-refractivity contribution is -0.132. The Bertz CT molecular complexity index is 968. The van der Waals surface area contributed by atoms with Gasteiger partial charge in [-0.1, -0.05) is 42.5 Å². The molecule has 8 nitrogen and oxygen atoms in total. The molecule has 2 atom stereocenters. The summed E-state index contributed by atoms with van der Waals surface area (Å²) < 4.78 is 5.46. The smallest absolute Gasteiger partial charge is 0.325 e. The molecule has 2 saturated heterocycles. The largest absolute Gasteiger partial charge is 0.495 e. The van der Waals surface area contributed by atoms with E-state index in [-0.39, 0.29) is 24.9 Å². The zero-order valence-corrected chi connectivity index (χ0v) is 19.8. The highest BCUT2D eigenvalue weighted by atomic mass is 35.5. The molecule has 178 valence electrons. The number of imide groups is 1. The summed E-state index contributed by atoms with van der Waals surface area (Å²) in [5.74, 6) is 0.509. The molecule has 3 amide bonds. The number of urea groups is 1. The van der Waals surface area contributed by atoms with Gasteiger partial charge in [0, 0.05) is 32.7 Å². The monoisotopic (exact) mass is 474 g/mol. The maximum Gasteiger partial charge on any atom is 0.325 e. The van der Waals surface area contributed by atoms with E-state index < -0.39 is 17.7 Å². The molecule has 0 saturated carbocycles. The number of β-amino-alcohol motifs (C(OH)–C–C–N with tert-alkyl or cyclic N) is 1. The number of anilines is 1. The molecule has 0 radical (unpaired) electrons. The lowest BCUT2D eigenvalue weighted by atomic mass is 9.92. The number of ether oxygens (including phenoxy) is 1. The third-order valence-electron chi connectivity index (χ3n) is 6.29. The summed E-state index contributed by atoms with van der Waals surface area (Å²) in [4.78, 5) is 31.1. The maximum absolute atomic E-state index is 13.0. The van der Waals surface area contributed by atoms with Crippen LogP contribution in [0.25, 0.3) is 0 Å². The number of carbonyl (C=O) groups excluding carboxylic acids is 2. The van der Waals surface area contributed by atoms with Crippen LogP contribution in [-0.2, 0) is 10.3 Å². The average Bonchev–Trinajstić information content (AvgIpc) is 3.04. The van der Waals surface area contributed by atoms with Crippen molar-refractivity contribution in [3.63, 3.8) is 0 Å². The van der Waals surface area contributed by atoms with E-state index in [0.29, 0.717) is 6.54 Å². The molecule has 0 aliphatic carbocycles. The van der Waals surface area contributed by atoms with Crippen LogP contribution in [0.5, 0.6) is 5.75 Å². The zero-order valence-electron chi connectivity index (χ0n) is 18.9. The summed E-state index contributed by atoms with van der Waals surface area (Å²) in [6.07, 6.45) is -0.819. The number of carbonyl (C=O) groups is 2. The molecule has 2 aromatic rings. The minimum atomic E-state index is -1.11. The van der Waals surface area contributed by atoms with Gasteiger partial charge in [-0.3, -0.25) is 14.6 Å². The van der Waals surface area contributed by atoms with Crippen molar-refractivity contribution in [2.45, 2.75) is 18.6 Å². The molecule has 2 aliphatic heterocycles. The van der Waals surface area contributed by atoms with E-state index in [4.69, 9.17) is 4.74 Å². The van der Waals surface area contributed by atoms with E-state index in [0.717, 1.165) is 48.1 Å². The van der Waals surface area contributed by atoms with Gasteiger partial charge in [-0.15, -0.1) is 12.4 Å². The van der Waals surface area contributed by atoms with Crippen molar-refractivity contribution in [1.29, 1.82) is 0 Å². The summed E-state index contributed by atoms with van der Waals surface area (Å²) in [6, 6.07) is 16.6. The van der Waals surface area contributed by atoms with Gasteiger partial charge in [-0.2, -0.15) is 0 Å². The number of rotatable bonds is 7. The second-order valence-electron chi connectivity index (χ2n) is 8.45. The highest BCUT2D eigenvalue weighted by Crippen LogP contribution is 2.30. The van der Waals surface area contributed by atoms with Crippen LogP contribution in [0, 0.1) is 0 Å². The van der Waals surface area contributed by atoms with Crippen LogP contribution >= 0.6 is 12.4 Å². The van der Waals surface area contributed by atoms with Gasteiger partial charge in [0.25, 0.3) is 5.91 Å². The van der Waals surface area contributed by atoms with Gasteiger partial charge in [0.2, 0.25) is 0 Å². The fourth-order valence-electron chi connectivity index (χ4n) is 4.46. The van der Waals surface area contributed by atoms with Gasteiger partial charge in [0.15, 0.2) is 0 Å². The average molecular weight is 475 g/mol. The molecule has 33 heavy (non-hydrogen) atoms. The Morgan fingerprint density at radius 1 is 1.00 bits per heavy atom. The Balaban J connectivity index is 0.00000306. The standard InChI is InChI=1S/C24H30N4O4.ClH/c1-24(18-8-4-3-5-9-18)22(30)28(23(31)25-24)17-19(29)16-26-12-14-27(15-13-26)20-10-6-7-11-21(20)32-2;/h3-11,19,29H,12-17H2,1-2H3,(H,25,31);1H. The number of para-hydroxylation sites is 2. The van der Waals surface area contributed by atoms with E-state index in [1.807, 2.05) is 54.6 Å². The van der Waals surface area contributed by atoms with Crippen LogP contribution in [0.3, 0.4) is 0 Å². The first-order valence-corrected chi connectivity index (χ1v) is 10.9. The predicted octanol–water partition coefficient (Wildman–Crippen LogP) is 2.07. The van der Waals surface area contributed by atoms with Crippen molar-refractivity contribution in [2.24, 2.45) is 0 Å². The van der Waals surface area contributed by atoms with Crippen molar-refractivity contribution < 1.29 is 19.4 Å². The second kappa shape index (κ2) is 10.4. The number of nitrogens with zero attached hydrogens (tertiary/aromatic N) is 3. The van der Waals surface area contributed by atoms with E-state index in [9.17, 15) is 14.7 Å². The van der Waals surface area contributed by atoms with Crippen molar-refractivity contribution in [3.8, 4) is 5.75 Å². The molecule has 2 N–H and O–H groups in total. The summed E-state index contributed by atoms with van der Waals surface area (Å²) >= 11 is 0. The number of methoxy groups -OCH3 is 1. The van der Waals surface area contributed by atoms with Crippen molar-refractivity contribution >= 4 is 30.0 Å². The summed E-state index contributed by atoms with van der Waals surface area (Å²) in [7, 11) is 1.67. The molecular weight excluding hydrogens is 444 g/mol. The Labute approximate surface area is 200 Å². The fourth-order valence-corrected chi connectivity index (χ4v) is 4.46. The summed E-state index contributed by atoms with van der Waals surface area (Å²) in [5.41, 5.74) is 0.677. The Kier molecular flexibility index (Phi) is 7.84. The minimum absolute atomic E-state index is 0. The fraction of sp³-hybridized carbons (Fsp3) is 0.417. The van der Waals surface area contributed by atoms with Gasteiger partial charge in [-0.25, -0.2) is 4.79 Å². The van der Waals surface area contributed by atoms with Gasteiger partial charge in [0.1, 0.15) is 11.3 Å². The van der Waals surface area contributed by atoms with Gasteiger partial charge < -0.3 is 20.1 Å². The summed E-state index contributed by atoms with van der Waals surface area (Å²) in [6.45, 7) is 5.24. The third-order valence-corrected chi connectivity index (χ3v) is 6.29. The first kappa shape index (κ1) is 24.8. The van der Waals surface area contributed by atoms with E-state index in [2.05, 4.69) is 15.1 Å². The zero-order chi connectivity index (χ0) is 22.7. The van der Waals surface area contributed by atoms with E-state index >= 15 is 0 Å². The second-order valence-corrected chi connectivity index (χ2v) is 8.45. The number of amides is 3. The molecule has 9 heteroatoms. The number of aliphatic hydroxyl groups is 1. The van der Waals surface area contributed by atoms with Crippen LogP contribution in [-0.4, -0.2) is 79.3 Å². The van der Waals surface area contributed by atoms with Crippen LogP contribution in [0.1, 0.15) is 12.5 Å². The summed E-state index contributed by atoms with van der Waals surface area (Å²) in [5, 5.41) is 13.4. The predicted molar refractivity (Wildman–Crippen MR) is 129 cm³/mol. The molecule has 0 spiro atoms. The molecule has 4 rings (SSSR count).